The van der Waals surface area contributed by atoms with Gasteiger partial charge in [0.05, 0.1) is 31.7 Å². The van der Waals surface area contributed by atoms with Gasteiger partial charge in [0.25, 0.3) is 5.91 Å². The molecular weight excluding hydrogens is 360 g/mol. The molecule has 148 valence electrons. The Bertz CT molecular complexity index is 835. The van der Waals surface area contributed by atoms with Gasteiger partial charge in [-0.25, -0.2) is 0 Å². The zero-order valence-corrected chi connectivity index (χ0v) is 16.1. The Kier molecular flexibility index (Phi) is 6.31. The van der Waals surface area contributed by atoms with Crippen LogP contribution in [0.2, 0.25) is 0 Å². The molecular formula is C20H24N4O4. The molecule has 2 aromatic rings. The van der Waals surface area contributed by atoms with E-state index in [9.17, 15) is 9.59 Å². The van der Waals surface area contributed by atoms with Gasteiger partial charge >= 0.3 is 0 Å². The average molecular weight is 384 g/mol. The van der Waals surface area contributed by atoms with Crippen LogP contribution in [0.5, 0.6) is 11.5 Å². The van der Waals surface area contributed by atoms with Crippen LogP contribution in [0.15, 0.2) is 36.7 Å². The number of nitrogens with zero attached hydrogens (tertiary/aromatic N) is 3. The highest BCUT2D eigenvalue weighted by atomic mass is 16.5. The maximum absolute atomic E-state index is 12.5. The van der Waals surface area contributed by atoms with Gasteiger partial charge in [-0.3, -0.25) is 14.6 Å². The zero-order chi connectivity index (χ0) is 19.9. The summed E-state index contributed by atoms with van der Waals surface area (Å²) < 4.78 is 10.5. The Morgan fingerprint density at radius 3 is 2.54 bits per heavy atom. The van der Waals surface area contributed by atoms with Gasteiger partial charge in [0.2, 0.25) is 6.41 Å². The molecule has 0 bridgehead atoms. The lowest BCUT2D eigenvalue weighted by molar-refractivity contribution is -0.118. The Hall–Kier alpha value is -3.29. The monoisotopic (exact) mass is 384 g/mol. The number of ether oxygens (including phenoxy) is 2. The van der Waals surface area contributed by atoms with Crippen LogP contribution >= 0.6 is 0 Å². The van der Waals surface area contributed by atoms with Crippen LogP contribution in [0.3, 0.4) is 0 Å². The summed E-state index contributed by atoms with van der Waals surface area (Å²) in [7, 11) is 3.16. The summed E-state index contributed by atoms with van der Waals surface area (Å²) >= 11 is 0. The van der Waals surface area contributed by atoms with Crippen LogP contribution in [-0.2, 0) is 11.3 Å². The number of hydrogen-bond donors (Lipinski definition) is 1. The highest BCUT2D eigenvalue weighted by Gasteiger charge is 2.17. The van der Waals surface area contributed by atoms with Crippen LogP contribution in [0, 0.1) is 0 Å². The smallest absolute Gasteiger partial charge is 0.253 e. The number of anilines is 1. The van der Waals surface area contributed by atoms with E-state index in [0.29, 0.717) is 36.7 Å². The van der Waals surface area contributed by atoms with Crippen molar-refractivity contribution in [1.82, 2.24) is 15.2 Å². The number of aromatic nitrogens is 1. The predicted molar refractivity (Wildman–Crippen MR) is 105 cm³/mol. The van der Waals surface area contributed by atoms with E-state index in [0.717, 1.165) is 30.8 Å². The Morgan fingerprint density at radius 2 is 1.86 bits per heavy atom. The van der Waals surface area contributed by atoms with Crippen LogP contribution in [-0.4, -0.2) is 62.6 Å². The topological polar surface area (TPSA) is 84.0 Å². The number of rotatable bonds is 7. The molecule has 0 aliphatic carbocycles. The number of nitrogens with one attached hydrogen (secondary N) is 1. The van der Waals surface area contributed by atoms with Gasteiger partial charge in [-0.05, 0) is 23.8 Å². The lowest BCUT2D eigenvalue weighted by Gasteiger charge is -2.34. The van der Waals surface area contributed by atoms with Crippen molar-refractivity contribution in [2.24, 2.45) is 0 Å². The molecule has 1 aliphatic heterocycles. The fourth-order valence-electron chi connectivity index (χ4n) is 3.09. The summed E-state index contributed by atoms with van der Waals surface area (Å²) in [6.45, 7) is 3.13. The van der Waals surface area contributed by atoms with Crippen molar-refractivity contribution in [3.8, 4) is 11.5 Å². The van der Waals surface area contributed by atoms with Gasteiger partial charge in [-0.15, -0.1) is 0 Å². The van der Waals surface area contributed by atoms with E-state index in [-0.39, 0.29) is 5.91 Å². The maximum Gasteiger partial charge on any atom is 0.253 e. The van der Waals surface area contributed by atoms with Gasteiger partial charge in [0.1, 0.15) is 0 Å². The number of amides is 2. The van der Waals surface area contributed by atoms with Crippen LogP contribution in [0.25, 0.3) is 0 Å². The molecule has 28 heavy (non-hydrogen) atoms. The van der Waals surface area contributed by atoms with Crippen LogP contribution in [0.1, 0.15) is 15.9 Å². The average Bonchev–Trinajstić information content (AvgIpc) is 2.77. The van der Waals surface area contributed by atoms with E-state index in [4.69, 9.17) is 9.47 Å². The first-order chi connectivity index (χ1) is 13.6. The van der Waals surface area contributed by atoms with E-state index in [2.05, 4.69) is 15.2 Å². The van der Waals surface area contributed by atoms with Gasteiger partial charge in [0, 0.05) is 38.9 Å². The van der Waals surface area contributed by atoms with E-state index in [1.54, 1.807) is 31.5 Å². The SMILES string of the molecule is COc1ccc(CNC(=O)c2cncc(N3CCN(C=O)CC3)c2)cc1OC. The van der Waals surface area contributed by atoms with Crippen molar-refractivity contribution < 1.29 is 19.1 Å². The normalized spacial score (nSPS) is 13.8. The van der Waals surface area contributed by atoms with E-state index < -0.39 is 0 Å². The summed E-state index contributed by atoms with van der Waals surface area (Å²) in [6, 6.07) is 7.35. The molecule has 1 saturated heterocycles. The Balaban J connectivity index is 1.63. The molecule has 0 spiro atoms. The lowest BCUT2D eigenvalue weighted by Crippen LogP contribution is -2.45. The second kappa shape index (κ2) is 9.07. The molecule has 1 fully saturated rings. The van der Waals surface area contributed by atoms with E-state index in [1.807, 2.05) is 24.3 Å². The number of carbonyl (C=O) groups excluding carboxylic acids is 2. The second-order valence-corrected chi connectivity index (χ2v) is 6.43. The minimum atomic E-state index is -0.198. The number of carbonyl (C=O) groups is 2. The predicted octanol–water partition coefficient (Wildman–Crippen LogP) is 1.31. The summed E-state index contributed by atoms with van der Waals surface area (Å²) in [5.41, 5.74) is 2.28. The van der Waals surface area contributed by atoms with Gasteiger partial charge in [-0.1, -0.05) is 6.07 Å². The third-order valence-corrected chi connectivity index (χ3v) is 4.72. The fraction of sp³-hybridized carbons (Fsp3) is 0.350. The van der Waals surface area contributed by atoms with Crippen molar-refractivity contribution in [2.45, 2.75) is 6.54 Å². The quantitative estimate of drug-likeness (QED) is 0.725. The Morgan fingerprint density at radius 1 is 1.11 bits per heavy atom. The summed E-state index contributed by atoms with van der Waals surface area (Å²) in [5.74, 6) is 1.06. The number of methoxy groups -OCH3 is 2. The largest absolute Gasteiger partial charge is 0.493 e. The van der Waals surface area contributed by atoms with Crippen LogP contribution in [0.4, 0.5) is 5.69 Å². The third kappa shape index (κ3) is 4.51. The zero-order valence-electron chi connectivity index (χ0n) is 16.1. The van der Waals surface area contributed by atoms with Crippen molar-refractivity contribution >= 4 is 18.0 Å². The first-order valence-corrected chi connectivity index (χ1v) is 9.03. The van der Waals surface area contributed by atoms with Crippen molar-refractivity contribution in [3.63, 3.8) is 0 Å². The second-order valence-electron chi connectivity index (χ2n) is 6.43. The summed E-state index contributed by atoms with van der Waals surface area (Å²) in [5, 5.41) is 2.90. The minimum absolute atomic E-state index is 0.198. The molecule has 0 saturated carbocycles. The molecule has 0 radical (unpaired) electrons. The summed E-state index contributed by atoms with van der Waals surface area (Å²) in [4.78, 5) is 31.5. The number of piperazine rings is 1. The lowest BCUT2D eigenvalue weighted by atomic mass is 10.2. The molecule has 2 amide bonds. The first-order valence-electron chi connectivity index (χ1n) is 9.03. The number of pyridine rings is 1. The van der Waals surface area contributed by atoms with Crippen molar-refractivity contribution in [2.75, 3.05) is 45.3 Å². The Labute approximate surface area is 164 Å². The van der Waals surface area contributed by atoms with Gasteiger partial charge in [-0.2, -0.15) is 0 Å². The molecule has 0 unspecified atom stereocenters. The van der Waals surface area contributed by atoms with E-state index in [1.165, 1.54) is 0 Å². The minimum Gasteiger partial charge on any atom is -0.493 e. The van der Waals surface area contributed by atoms with Crippen molar-refractivity contribution in [3.05, 3.63) is 47.8 Å². The molecule has 1 aromatic heterocycles. The molecule has 3 rings (SSSR count). The van der Waals surface area contributed by atoms with E-state index >= 15 is 0 Å². The number of benzene rings is 1. The molecule has 1 N–H and O–H groups in total. The van der Waals surface area contributed by atoms with Crippen molar-refractivity contribution in [1.29, 1.82) is 0 Å². The maximum atomic E-state index is 12.5. The molecule has 1 aliphatic rings. The molecule has 0 atom stereocenters. The summed E-state index contributed by atoms with van der Waals surface area (Å²) in [6.07, 6.45) is 4.16. The highest BCUT2D eigenvalue weighted by Crippen LogP contribution is 2.27. The molecule has 8 nitrogen and oxygen atoms in total. The number of hydrogen-bond acceptors (Lipinski definition) is 6. The molecule has 2 heterocycles. The highest BCUT2D eigenvalue weighted by molar-refractivity contribution is 5.94. The first kappa shape index (κ1) is 19.5. The standard InChI is InChI=1S/C20H24N4O4/c1-27-18-4-3-15(9-19(18)28-2)11-22-20(26)16-10-17(13-21-12-16)24-7-5-23(14-25)6-8-24/h3-4,9-10,12-14H,5-8,11H2,1-2H3,(H,22,26). The third-order valence-electron chi connectivity index (χ3n) is 4.72. The molecule has 1 aromatic carbocycles. The van der Waals surface area contributed by atoms with Gasteiger partial charge < -0.3 is 24.6 Å². The van der Waals surface area contributed by atoms with Crippen LogP contribution < -0.4 is 19.7 Å². The fourth-order valence-corrected chi connectivity index (χ4v) is 3.09. The molecule has 8 heteroatoms. The van der Waals surface area contributed by atoms with Gasteiger partial charge in [0.15, 0.2) is 11.5 Å².